The molecule has 1 aliphatic rings. The predicted molar refractivity (Wildman–Crippen MR) is 66.5 cm³/mol. The minimum Gasteiger partial charge on any atom is -0.398 e. The average molecular weight is 255 g/mol. The van der Waals surface area contributed by atoms with Gasteiger partial charge in [0.15, 0.2) is 9.84 Å². The monoisotopic (exact) mass is 255 g/mol. The molecule has 0 radical (unpaired) electrons. The van der Waals surface area contributed by atoms with Gasteiger partial charge in [0.2, 0.25) is 0 Å². The highest BCUT2D eigenvalue weighted by Gasteiger charge is 2.24. The molecule has 1 saturated heterocycles. The lowest BCUT2D eigenvalue weighted by Gasteiger charge is -2.22. The van der Waals surface area contributed by atoms with Crippen molar-refractivity contribution in [1.29, 1.82) is 0 Å². The van der Waals surface area contributed by atoms with Crippen molar-refractivity contribution in [3.63, 3.8) is 0 Å². The second-order valence-corrected chi connectivity index (χ2v) is 6.41. The maximum Gasteiger partial charge on any atom is 0.180 e. The Balaban J connectivity index is 2.16. The summed E-state index contributed by atoms with van der Waals surface area (Å²) in [4.78, 5) is 0.241. The highest BCUT2D eigenvalue weighted by Crippen LogP contribution is 2.23. The van der Waals surface area contributed by atoms with Gasteiger partial charge in [-0.1, -0.05) is 12.1 Å². The Morgan fingerprint density at radius 3 is 2.76 bits per heavy atom. The second-order valence-electron chi connectivity index (χ2n) is 4.40. The normalized spacial score (nSPS) is 21.3. The van der Waals surface area contributed by atoms with Crippen molar-refractivity contribution >= 4 is 15.5 Å². The van der Waals surface area contributed by atoms with Gasteiger partial charge in [0.1, 0.15) is 0 Å². The third kappa shape index (κ3) is 2.98. The Morgan fingerprint density at radius 1 is 1.35 bits per heavy atom. The molecule has 4 nitrogen and oxygen atoms in total. The van der Waals surface area contributed by atoms with Crippen LogP contribution in [0.4, 0.5) is 5.69 Å². The summed E-state index contributed by atoms with van der Waals surface area (Å²) in [5, 5.41) is 0. The van der Waals surface area contributed by atoms with Crippen LogP contribution in [-0.2, 0) is 14.6 Å². The minimum atomic E-state index is -3.30. The fourth-order valence-electron chi connectivity index (χ4n) is 2.10. The number of para-hydroxylation sites is 1. The molecule has 1 atom stereocenters. The van der Waals surface area contributed by atoms with Gasteiger partial charge in [-0.05, 0) is 30.9 Å². The standard InChI is InChI=1S/C12H17NO3S/c13-11-5-1-2-6-12(11)17(14,15)9-10-4-3-7-16-8-10/h1-2,5-6,10H,3-4,7-9,13H2. The molecule has 1 aromatic rings. The molecule has 0 aromatic heterocycles. The lowest BCUT2D eigenvalue weighted by atomic mass is 10.1. The number of sulfone groups is 1. The van der Waals surface area contributed by atoms with E-state index in [4.69, 9.17) is 10.5 Å². The van der Waals surface area contributed by atoms with Crippen LogP contribution in [-0.4, -0.2) is 27.4 Å². The van der Waals surface area contributed by atoms with Gasteiger partial charge in [-0.25, -0.2) is 8.42 Å². The van der Waals surface area contributed by atoms with Gasteiger partial charge in [0, 0.05) is 6.61 Å². The largest absolute Gasteiger partial charge is 0.398 e. The van der Waals surface area contributed by atoms with Crippen molar-refractivity contribution in [3.05, 3.63) is 24.3 Å². The van der Waals surface area contributed by atoms with Crippen molar-refractivity contribution in [2.75, 3.05) is 24.7 Å². The molecule has 17 heavy (non-hydrogen) atoms. The fraction of sp³-hybridized carbons (Fsp3) is 0.500. The van der Waals surface area contributed by atoms with Crippen LogP contribution < -0.4 is 5.73 Å². The van der Waals surface area contributed by atoms with E-state index in [9.17, 15) is 8.42 Å². The quantitative estimate of drug-likeness (QED) is 0.830. The lowest BCUT2D eigenvalue weighted by Crippen LogP contribution is -2.25. The van der Waals surface area contributed by atoms with E-state index < -0.39 is 9.84 Å². The van der Waals surface area contributed by atoms with E-state index in [1.54, 1.807) is 24.3 Å². The summed E-state index contributed by atoms with van der Waals surface area (Å²) in [7, 11) is -3.30. The van der Waals surface area contributed by atoms with Crippen LogP contribution in [0.2, 0.25) is 0 Å². The second kappa shape index (κ2) is 5.06. The van der Waals surface area contributed by atoms with Gasteiger partial charge < -0.3 is 10.5 Å². The Bertz CT molecular complexity index is 478. The highest BCUT2D eigenvalue weighted by atomic mass is 32.2. The van der Waals surface area contributed by atoms with Gasteiger partial charge in [-0.15, -0.1) is 0 Å². The number of hydrogen-bond acceptors (Lipinski definition) is 4. The Labute approximate surface area is 102 Å². The molecule has 0 amide bonds. The van der Waals surface area contributed by atoms with E-state index >= 15 is 0 Å². The van der Waals surface area contributed by atoms with Gasteiger partial charge in [-0.2, -0.15) is 0 Å². The molecule has 1 aromatic carbocycles. The SMILES string of the molecule is Nc1ccccc1S(=O)(=O)CC1CCCOC1. The molecule has 2 rings (SSSR count). The van der Waals surface area contributed by atoms with E-state index in [0.717, 1.165) is 19.4 Å². The first kappa shape index (κ1) is 12.4. The van der Waals surface area contributed by atoms with E-state index in [1.807, 2.05) is 0 Å². The summed E-state index contributed by atoms with van der Waals surface area (Å²) in [6, 6.07) is 6.61. The molecular weight excluding hydrogens is 238 g/mol. The lowest BCUT2D eigenvalue weighted by molar-refractivity contribution is 0.0626. The zero-order valence-corrected chi connectivity index (χ0v) is 10.4. The number of rotatable bonds is 3. The molecule has 1 aliphatic heterocycles. The molecule has 2 N–H and O–H groups in total. The van der Waals surface area contributed by atoms with Crippen LogP contribution in [0.25, 0.3) is 0 Å². The predicted octanol–water partition coefficient (Wildman–Crippen LogP) is 1.47. The third-order valence-corrected chi connectivity index (χ3v) is 4.92. The van der Waals surface area contributed by atoms with Crippen LogP contribution in [0.1, 0.15) is 12.8 Å². The summed E-state index contributed by atoms with van der Waals surface area (Å²) < 4.78 is 29.7. The van der Waals surface area contributed by atoms with Crippen molar-refractivity contribution in [2.45, 2.75) is 17.7 Å². The van der Waals surface area contributed by atoms with E-state index in [2.05, 4.69) is 0 Å². The van der Waals surface area contributed by atoms with Crippen molar-refractivity contribution in [3.8, 4) is 0 Å². The minimum absolute atomic E-state index is 0.0911. The van der Waals surface area contributed by atoms with Crippen LogP contribution in [0.15, 0.2) is 29.2 Å². The summed E-state index contributed by atoms with van der Waals surface area (Å²) in [6.45, 7) is 1.27. The average Bonchev–Trinajstić information content (AvgIpc) is 2.30. The maximum absolute atomic E-state index is 12.2. The zero-order valence-electron chi connectivity index (χ0n) is 9.63. The van der Waals surface area contributed by atoms with E-state index in [1.165, 1.54) is 0 Å². The first-order valence-corrected chi connectivity index (χ1v) is 7.40. The summed E-state index contributed by atoms with van der Waals surface area (Å²) in [5.41, 5.74) is 6.02. The molecule has 0 aliphatic carbocycles. The van der Waals surface area contributed by atoms with Gasteiger partial charge in [0.25, 0.3) is 0 Å². The van der Waals surface area contributed by atoms with Crippen molar-refractivity contribution in [2.24, 2.45) is 5.92 Å². The first-order valence-electron chi connectivity index (χ1n) is 5.74. The molecule has 94 valence electrons. The van der Waals surface area contributed by atoms with Crippen LogP contribution >= 0.6 is 0 Å². The first-order chi connectivity index (χ1) is 8.09. The molecule has 5 heteroatoms. The van der Waals surface area contributed by atoms with Gasteiger partial charge in [-0.3, -0.25) is 0 Å². The summed E-state index contributed by atoms with van der Waals surface area (Å²) in [6.07, 6.45) is 1.84. The molecule has 0 bridgehead atoms. The Kier molecular flexibility index (Phi) is 3.69. The Morgan fingerprint density at radius 2 is 2.12 bits per heavy atom. The van der Waals surface area contributed by atoms with Crippen LogP contribution in [0.5, 0.6) is 0 Å². The van der Waals surface area contributed by atoms with Crippen LogP contribution in [0, 0.1) is 5.92 Å². The number of hydrogen-bond donors (Lipinski definition) is 1. The number of nitrogen functional groups attached to an aromatic ring is 1. The zero-order chi connectivity index (χ0) is 12.3. The number of nitrogens with two attached hydrogens (primary N) is 1. The molecule has 1 unspecified atom stereocenters. The number of ether oxygens (including phenoxy) is 1. The summed E-state index contributed by atoms with van der Waals surface area (Å²) in [5.74, 6) is 0.217. The molecule has 1 fully saturated rings. The van der Waals surface area contributed by atoms with Gasteiger partial charge >= 0.3 is 0 Å². The molecule has 1 heterocycles. The van der Waals surface area contributed by atoms with Crippen molar-refractivity contribution in [1.82, 2.24) is 0 Å². The van der Waals surface area contributed by atoms with E-state index in [0.29, 0.717) is 12.3 Å². The van der Waals surface area contributed by atoms with E-state index in [-0.39, 0.29) is 16.6 Å². The van der Waals surface area contributed by atoms with Crippen LogP contribution in [0.3, 0.4) is 0 Å². The molecular formula is C12H17NO3S. The summed E-state index contributed by atoms with van der Waals surface area (Å²) >= 11 is 0. The fourth-order valence-corrected chi connectivity index (χ4v) is 3.88. The van der Waals surface area contributed by atoms with Gasteiger partial charge in [0.05, 0.1) is 22.9 Å². The smallest absolute Gasteiger partial charge is 0.180 e. The highest BCUT2D eigenvalue weighted by molar-refractivity contribution is 7.91. The number of anilines is 1. The van der Waals surface area contributed by atoms with Crippen molar-refractivity contribution < 1.29 is 13.2 Å². The number of benzene rings is 1. The molecule has 0 saturated carbocycles. The third-order valence-electron chi connectivity index (χ3n) is 2.96. The topological polar surface area (TPSA) is 69.4 Å². The molecule has 0 spiro atoms. The Hall–Kier alpha value is -1.07. The maximum atomic E-state index is 12.2.